The van der Waals surface area contributed by atoms with Crippen LogP contribution in [0, 0.1) is 6.92 Å². The van der Waals surface area contributed by atoms with Gasteiger partial charge in [0.1, 0.15) is 0 Å². The number of likely N-dealkylation sites (tertiary alicyclic amines) is 1. The summed E-state index contributed by atoms with van der Waals surface area (Å²) in [6, 6.07) is 9.00. The summed E-state index contributed by atoms with van der Waals surface area (Å²) in [6.45, 7) is 11.7. The lowest BCUT2D eigenvalue weighted by molar-refractivity contribution is -0.130. The van der Waals surface area contributed by atoms with Gasteiger partial charge in [0.05, 0.1) is 25.8 Å². The molecule has 1 aromatic carbocycles. The van der Waals surface area contributed by atoms with Crippen LogP contribution in [-0.2, 0) is 9.53 Å². The summed E-state index contributed by atoms with van der Waals surface area (Å²) in [6.07, 6.45) is 4.98. The van der Waals surface area contributed by atoms with E-state index in [4.69, 9.17) is 9.73 Å². The van der Waals surface area contributed by atoms with Gasteiger partial charge in [-0.05, 0) is 38.7 Å². The molecule has 0 saturated carbocycles. The topological polar surface area (TPSA) is 69.2 Å². The summed E-state index contributed by atoms with van der Waals surface area (Å²) in [5.74, 6) is 1.16. The molecule has 2 fully saturated rings. The highest BCUT2D eigenvalue weighted by atomic mass is 127. The normalized spacial score (nSPS) is 18.9. The van der Waals surface area contributed by atoms with E-state index in [2.05, 4.69) is 53.6 Å². The maximum absolute atomic E-state index is 12.2. The SMILES string of the molecule is CCNC(=NCC(c1cccc(C)c1)N1CCOCC1)NCCCN1CCCCCC1=O.I. The van der Waals surface area contributed by atoms with E-state index in [1.165, 1.54) is 17.5 Å². The maximum Gasteiger partial charge on any atom is 0.222 e. The van der Waals surface area contributed by atoms with E-state index in [9.17, 15) is 4.79 Å². The first kappa shape index (κ1) is 27.9. The summed E-state index contributed by atoms with van der Waals surface area (Å²) in [5.41, 5.74) is 2.59. The minimum Gasteiger partial charge on any atom is -0.379 e. The van der Waals surface area contributed by atoms with E-state index in [1.54, 1.807) is 0 Å². The first-order valence-electron chi connectivity index (χ1n) is 12.4. The highest BCUT2D eigenvalue weighted by molar-refractivity contribution is 14.0. The van der Waals surface area contributed by atoms with Crippen LogP contribution in [-0.4, -0.2) is 80.7 Å². The number of halogens is 1. The third-order valence-electron chi connectivity index (χ3n) is 6.25. The minimum absolute atomic E-state index is 0. The number of amides is 1. The average Bonchev–Trinajstić information content (AvgIpc) is 3.01. The zero-order valence-electron chi connectivity index (χ0n) is 20.4. The van der Waals surface area contributed by atoms with Gasteiger partial charge in [-0.25, -0.2) is 0 Å². The highest BCUT2D eigenvalue weighted by Gasteiger charge is 2.23. The van der Waals surface area contributed by atoms with E-state index >= 15 is 0 Å². The third-order valence-corrected chi connectivity index (χ3v) is 6.25. The van der Waals surface area contributed by atoms with Crippen molar-refractivity contribution in [2.45, 2.75) is 52.0 Å². The summed E-state index contributed by atoms with van der Waals surface area (Å²) < 4.78 is 5.57. The standard InChI is InChI=1S/C25H41N5O2.HI/c1-3-26-25(27-12-8-14-30-13-6-4-5-11-24(30)31)28-20-23(29-15-17-32-18-16-29)22-10-7-9-21(2)19-22;/h7,9-10,19,23H,3-6,8,11-18,20H2,1-2H3,(H2,26,27,28);1H. The molecule has 1 unspecified atom stereocenters. The van der Waals surface area contributed by atoms with Crippen LogP contribution < -0.4 is 10.6 Å². The maximum atomic E-state index is 12.2. The van der Waals surface area contributed by atoms with Crippen LogP contribution in [0.15, 0.2) is 29.3 Å². The van der Waals surface area contributed by atoms with Crippen LogP contribution in [0.4, 0.5) is 0 Å². The van der Waals surface area contributed by atoms with Crippen LogP contribution >= 0.6 is 24.0 Å². The summed E-state index contributed by atoms with van der Waals surface area (Å²) in [7, 11) is 0. The van der Waals surface area contributed by atoms with Crippen LogP contribution in [0.25, 0.3) is 0 Å². The van der Waals surface area contributed by atoms with Gasteiger partial charge in [-0.2, -0.15) is 0 Å². The zero-order chi connectivity index (χ0) is 22.6. The van der Waals surface area contributed by atoms with Crippen molar-refractivity contribution in [3.8, 4) is 0 Å². The number of nitrogens with one attached hydrogen (secondary N) is 2. The number of guanidine groups is 1. The molecule has 7 nitrogen and oxygen atoms in total. The Morgan fingerprint density at radius 3 is 2.73 bits per heavy atom. The molecule has 33 heavy (non-hydrogen) atoms. The molecule has 1 aromatic rings. The van der Waals surface area contributed by atoms with Gasteiger partial charge < -0.3 is 20.3 Å². The Morgan fingerprint density at radius 2 is 1.97 bits per heavy atom. The lowest BCUT2D eigenvalue weighted by atomic mass is 10.0. The molecule has 1 amide bonds. The van der Waals surface area contributed by atoms with Gasteiger partial charge in [0.25, 0.3) is 0 Å². The Hall–Kier alpha value is -1.39. The second kappa shape index (κ2) is 15.5. The molecule has 2 saturated heterocycles. The highest BCUT2D eigenvalue weighted by Crippen LogP contribution is 2.23. The van der Waals surface area contributed by atoms with Crippen LogP contribution in [0.3, 0.4) is 0 Å². The number of hydrogen-bond acceptors (Lipinski definition) is 4. The molecule has 0 aromatic heterocycles. The van der Waals surface area contributed by atoms with Crippen LogP contribution in [0.1, 0.15) is 56.2 Å². The van der Waals surface area contributed by atoms with E-state index in [0.717, 1.165) is 77.7 Å². The summed E-state index contributed by atoms with van der Waals surface area (Å²) in [5, 5.41) is 6.85. The second-order valence-corrected chi connectivity index (χ2v) is 8.77. The quantitative estimate of drug-likeness (QED) is 0.206. The molecule has 1 atom stereocenters. The molecule has 0 aliphatic carbocycles. The smallest absolute Gasteiger partial charge is 0.222 e. The number of aliphatic imine (C=N–C) groups is 1. The fraction of sp³-hybridized carbons (Fsp3) is 0.680. The average molecular weight is 572 g/mol. The number of rotatable bonds is 9. The van der Waals surface area contributed by atoms with Gasteiger partial charge in [-0.3, -0.25) is 14.7 Å². The minimum atomic E-state index is 0. The van der Waals surface area contributed by atoms with E-state index < -0.39 is 0 Å². The lowest BCUT2D eigenvalue weighted by Gasteiger charge is -2.34. The molecule has 2 heterocycles. The number of carbonyl (C=O) groups excluding carboxylic acids is 1. The van der Waals surface area contributed by atoms with Crippen molar-refractivity contribution >= 4 is 35.8 Å². The first-order chi connectivity index (χ1) is 15.7. The molecule has 186 valence electrons. The van der Waals surface area contributed by atoms with Gasteiger partial charge in [0.2, 0.25) is 5.91 Å². The van der Waals surface area contributed by atoms with Gasteiger partial charge in [-0.1, -0.05) is 36.2 Å². The Balaban J connectivity index is 0.00000385. The van der Waals surface area contributed by atoms with E-state index in [1.807, 2.05) is 4.90 Å². The van der Waals surface area contributed by atoms with Crippen molar-refractivity contribution in [2.24, 2.45) is 4.99 Å². The number of carbonyl (C=O) groups is 1. The van der Waals surface area contributed by atoms with Crippen molar-refractivity contribution in [1.29, 1.82) is 0 Å². The fourth-order valence-electron chi connectivity index (χ4n) is 4.47. The molecule has 2 N–H and O–H groups in total. The Bertz CT molecular complexity index is 739. The van der Waals surface area contributed by atoms with Crippen LogP contribution in [0.5, 0.6) is 0 Å². The molecule has 8 heteroatoms. The number of ether oxygens (including phenoxy) is 1. The van der Waals surface area contributed by atoms with Crippen molar-refractivity contribution in [3.05, 3.63) is 35.4 Å². The molecule has 2 aliphatic rings. The Labute approximate surface area is 216 Å². The molecule has 3 rings (SSSR count). The van der Waals surface area contributed by atoms with E-state index in [0.29, 0.717) is 18.9 Å². The molecule has 0 spiro atoms. The number of aryl methyl sites for hydroxylation is 1. The number of hydrogen-bond donors (Lipinski definition) is 2. The predicted molar refractivity (Wildman–Crippen MR) is 145 cm³/mol. The Morgan fingerprint density at radius 1 is 1.15 bits per heavy atom. The van der Waals surface area contributed by atoms with Gasteiger partial charge >= 0.3 is 0 Å². The zero-order valence-corrected chi connectivity index (χ0v) is 22.7. The molecule has 2 aliphatic heterocycles. The van der Waals surface area contributed by atoms with Crippen molar-refractivity contribution in [3.63, 3.8) is 0 Å². The first-order valence-corrected chi connectivity index (χ1v) is 12.4. The third kappa shape index (κ3) is 9.41. The summed E-state index contributed by atoms with van der Waals surface area (Å²) in [4.78, 5) is 21.6. The number of nitrogens with zero attached hydrogens (tertiary/aromatic N) is 3. The molecular formula is C25H42IN5O2. The number of benzene rings is 1. The molecule has 0 bridgehead atoms. The predicted octanol–water partition coefficient (Wildman–Crippen LogP) is 3.33. The second-order valence-electron chi connectivity index (χ2n) is 8.77. The van der Waals surface area contributed by atoms with Crippen molar-refractivity contribution < 1.29 is 9.53 Å². The summed E-state index contributed by atoms with van der Waals surface area (Å²) >= 11 is 0. The lowest BCUT2D eigenvalue weighted by Crippen LogP contribution is -2.42. The van der Waals surface area contributed by atoms with Gasteiger partial charge in [0, 0.05) is 45.7 Å². The molecular weight excluding hydrogens is 529 g/mol. The molecule has 0 radical (unpaired) electrons. The van der Waals surface area contributed by atoms with Crippen molar-refractivity contribution in [1.82, 2.24) is 20.4 Å². The van der Waals surface area contributed by atoms with E-state index in [-0.39, 0.29) is 30.0 Å². The van der Waals surface area contributed by atoms with Crippen LogP contribution in [0.2, 0.25) is 0 Å². The number of morpholine rings is 1. The fourth-order valence-corrected chi connectivity index (χ4v) is 4.47. The Kier molecular flexibility index (Phi) is 13.1. The monoisotopic (exact) mass is 571 g/mol. The van der Waals surface area contributed by atoms with Gasteiger partial charge in [0.15, 0.2) is 5.96 Å². The van der Waals surface area contributed by atoms with Crippen molar-refractivity contribution in [2.75, 3.05) is 59.0 Å². The van der Waals surface area contributed by atoms with Gasteiger partial charge in [-0.15, -0.1) is 24.0 Å². The largest absolute Gasteiger partial charge is 0.379 e.